The van der Waals surface area contributed by atoms with Crippen molar-refractivity contribution >= 4 is 34.6 Å². The summed E-state index contributed by atoms with van der Waals surface area (Å²) in [5.41, 5.74) is -0.423. The Morgan fingerprint density at radius 2 is 1.80 bits per heavy atom. The minimum Gasteiger partial charge on any atom is -0.391 e. The van der Waals surface area contributed by atoms with E-state index in [1.54, 1.807) is 24.3 Å². The number of para-hydroxylation sites is 1. The van der Waals surface area contributed by atoms with Crippen LogP contribution >= 0.6 is 11.6 Å². The Labute approximate surface area is 176 Å². The Morgan fingerprint density at radius 3 is 2.37 bits per heavy atom. The van der Waals surface area contributed by atoms with Gasteiger partial charge in [0.15, 0.2) is 0 Å². The van der Waals surface area contributed by atoms with E-state index in [0.29, 0.717) is 24.1 Å². The molecule has 0 radical (unpaired) electrons. The molecule has 0 spiro atoms. The first-order valence-electron chi connectivity index (χ1n) is 9.19. The lowest BCUT2D eigenvalue weighted by Gasteiger charge is -2.16. The number of aliphatic hydroxyl groups is 1. The smallest absolute Gasteiger partial charge is 0.391 e. The van der Waals surface area contributed by atoms with Gasteiger partial charge in [-0.2, -0.15) is 13.2 Å². The van der Waals surface area contributed by atoms with E-state index in [9.17, 15) is 23.1 Å². The summed E-state index contributed by atoms with van der Waals surface area (Å²) in [6, 6.07) is 12.5. The highest BCUT2D eigenvalue weighted by Gasteiger charge is 2.35. The van der Waals surface area contributed by atoms with E-state index in [4.69, 9.17) is 17.0 Å². The topological polar surface area (TPSA) is 76.8 Å². The van der Waals surface area contributed by atoms with E-state index >= 15 is 0 Å². The van der Waals surface area contributed by atoms with Crippen LogP contribution in [0.1, 0.15) is 28.8 Å². The molecule has 5 nitrogen and oxygen atoms in total. The van der Waals surface area contributed by atoms with Crippen LogP contribution in [-0.4, -0.2) is 52.7 Å². The molecule has 2 aromatic carbocycles. The number of likely N-dealkylation sites (tertiary alicyclic amines) is 1. The van der Waals surface area contributed by atoms with Crippen LogP contribution in [0.15, 0.2) is 53.5 Å². The third-order valence-electron chi connectivity index (χ3n) is 4.71. The summed E-state index contributed by atoms with van der Waals surface area (Å²) < 4.78 is 38.8. The van der Waals surface area contributed by atoms with Crippen molar-refractivity contribution < 1.29 is 23.1 Å². The first-order valence-corrected chi connectivity index (χ1v) is 9.57. The number of halogens is 4. The van der Waals surface area contributed by atoms with Crippen molar-refractivity contribution in [1.82, 2.24) is 4.90 Å². The van der Waals surface area contributed by atoms with Gasteiger partial charge in [0.1, 0.15) is 5.71 Å². The van der Waals surface area contributed by atoms with Crippen LogP contribution in [-0.2, 0) is 0 Å². The third-order valence-corrected chi connectivity index (χ3v) is 5.03. The van der Waals surface area contributed by atoms with E-state index < -0.39 is 24.4 Å². The molecule has 3 rings (SSSR count). The average molecular weight is 438 g/mol. The summed E-state index contributed by atoms with van der Waals surface area (Å²) in [7, 11) is 0. The molecule has 2 N–H and O–H groups in total. The number of nitrogens with zero attached hydrogens (tertiary/aromatic N) is 2. The van der Waals surface area contributed by atoms with Gasteiger partial charge in [0.2, 0.25) is 0 Å². The molecule has 0 aliphatic carbocycles. The van der Waals surface area contributed by atoms with E-state index in [2.05, 4.69) is 4.99 Å². The van der Waals surface area contributed by atoms with Crippen molar-refractivity contribution in [3.8, 4) is 0 Å². The number of aliphatic hydroxyl groups excluding tert-OH is 1. The van der Waals surface area contributed by atoms with Gasteiger partial charge in [-0.15, -0.1) is 0 Å². The number of benzene rings is 2. The van der Waals surface area contributed by atoms with Gasteiger partial charge in [0, 0.05) is 25.1 Å². The van der Waals surface area contributed by atoms with Crippen molar-refractivity contribution in [2.75, 3.05) is 13.1 Å². The van der Waals surface area contributed by atoms with Gasteiger partial charge < -0.3 is 15.4 Å². The number of nitrogens with one attached hydrogen (secondary N) is 1. The minimum absolute atomic E-state index is 0.0148. The number of carbonyl (C=O) groups is 1. The minimum atomic E-state index is -4.77. The van der Waals surface area contributed by atoms with Crippen molar-refractivity contribution in [3.05, 3.63) is 64.7 Å². The number of aliphatic imine (C=N–C) groups is 1. The normalized spacial score (nSPS) is 17.3. The largest absolute Gasteiger partial charge is 0.429 e. The molecule has 1 heterocycles. The molecule has 1 unspecified atom stereocenters. The van der Waals surface area contributed by atoms with Gasteiger partial charge in [-0.3, -0.25) is 9.79 Å². The average Bonchev–Trinajstić information content (AvgIpc) is 3.14. The van der Waals surface area contributed by atoms with Crippen molar-refractivity contribution in [2.45, 2.75) is 25.1 Å². The Hall–Kier alpha value is -2.71. The fourth-order valence-corrected chi connectivity index (χ4v) is 3.25. The number of carbonyl (C=O) groups excluding carboxylic acids is 1. The highest BCUT2D eigenvalue weighted by atomic mass is 35.5. The summed E-state index contributed by atoms with van der Waals surface area (Å²) >= 11 is 6.08. The quantitative estimate of drug-likeness (QED) is 0.668. The highest BCUT2D eigenvalue weighted by molar-refractivity contribution is 6.33. The monoisotopic (exact) mass is 437 g/mol. The molecule has 0 bridgehead atoms. The second-order valence-corrected chi connectivity index (χ2v) is 7.34. The van der Waals surface area contributed by atoms with Crippen LogP contribution in [0.3, 0.4) is 0 Å². The van der Waals surface area contributed by atoms with Crippen LogP contribution < -0.4 is 0 Å². The van der Waals surface area contributed by atoms with E-state index in [-0.39, 0.29) is 28.9 Å². The van der Waals surface area contributed by atoms with Gasteiger partial charge in [-0.05, 0) is 36.2 Å². The fraction of sp³-hybridized carbons (Fsp3) is 0.286. The Bertz CT molecular complexity index is 974. The summed E-state index contributed by atoms with van der Waals surface area (Å²) in [6.07, 6.45) is -5.54. The molecule has 1 saturated heterocycles. The number of β-amino-alcohol motifs (C(OH)–C–C–N with tert-alkyl or cyclic N) is 1. The lowest BCUT2D eigenvalue weighted by molar-refractivity contribution is -0.0605. The van der Waals surface area contributed by atoms with E-state index in [1.807, 2.05) is 0 Å². The molecule has 2 aromatic rings. The van der Waals surface area contributed by atoms with Crippen molar-refractivity contribution in [2.24, 2.45) is 4.99 Å². The molecular formula is C21H19ClF3N3O2. The van der Waals surface area contributed by atoms with Crippen LogP contribution in [0.2, 0.25) is 5.02 Å². The maximum absolute atomic E-state index is 12.9. The lowest BCUT2D eigenvalue weighted by Crippen LogP contribution is -2.29. The molecule has 0 aromatic heterocycles. The van der Waals surface area contributed by atoms with E-state index in [0.717, 1.165) is 0 Å². The highest BCUT2D eigenvalue weighted by Crippen LogP contribution is 2.27. The molecule has 1 amide bonds. The number of hydrogen-bond acceptors (Lipinski definition) is 4. The maximum Gasteiger partial charge on any atom is 0.429 e. The zero-order valence-electron chi connectivity index (χ0n) is 15.8. The molecule has 158 valence electrons. The third kappa shape index (κ3) is 5.25. The summed E-state index contributed by atoms with van der Waals surface area (Å²) in [6.45, 7) is 0.701. The number of rotatable bonds is 5. The Kier molecular flexibility index (Phi) is 6.58. The molecule has 1 aliphatic rings. The van der Waals surface area contributed by atoms with Gasteiger partial charge in [0.05, 0.1) is 22.5 Å². The second-order valence-electron chi connectivity index (χ2n) is 6.93. The van der Waals surface area contributed by atoms with Crippen LogP contribution in [0.25, 0.3) is 0 Å². The number of alkyl halides is 3. The van der Waals surface area contributed by atoms with Gasteiger partial charge in [0.25, 0.3) is 5.91 Å². The Balaban J connectivity index is 1.90. The van der Waals surface area contributed by atoms with Crippen molar-refractivity contribution in [1.29, 1.82) is 5.41 Å². The molecule has 1 atom stereocenters. The van der Waals surface area contributed by atoms with Crippen LogP contribution in [0, 0.1) is 5.41 Å². The lowest BCUT2D eigenvalue weighted by atomic mass is 10.0. The summed E-state index contributed by atoms with van der Waals surface area (Å²) in [5.74, 6) is -0.259. The molecular weight excluding hydrogens is 419 g/mol. The molecule has 1 fully saturated rings. The second kappa shape index (κ2) is 8.97. The summed E-state index contributed by atoms with van der Waals surface area (Å²) in [5, 5.41) is 17.2. The van der Waals surface area contributed by atoms with Crippen LogP contribution in [0.4, 0.5) is 18.9 Å². The predicted molar refractivity (Wildman–Crippen MR) is 109 cm³/mol. The predicted octanol–water partition coefficient (Wildman–Crippen LogP) is 4.64. The van der Waals surface area contributed by atoms with Crippen LogP contribution in [0.5, 0.6) is 0 Å². The standard InChI is InChI=1S/C21H19ClF3N3O2/c22-16-3-1-2-4-17(16)27-18(11-19(26)21(23,24)25)13-5-7-14(8-6-13)20(30)28-10-9-15(29)12-28/h1-8,15,26,29H,9-12H2. The molecule has 0 saturated carbocycles. The zero-order valence-corrected chi connectivity index (χ0v) is 16.5. The zero-order chi connectivity index (χ0) is 21.9. The van der Waals surface area contributed by atoms with Gasteiger partial charge in [-0.1, -0.05) is 35.9 Å². The van der Waals surface area contributed by atoms with Crippen molar-refractivity contribution in [3.63, 3.8) is 0 Å². The molecule has 1 aliphatic heterocycles. The SMILES string of the molecule is N=C(CC(=Nc1ccccc1Cl)c1ccc(C(=O)N2CCC(O)C2)cc1)C(F)(F)F. The summed E-state index contributed by atoms with van der Waals surface area (Å²) in [4.78, 5) is 18.3. The molecule has 9 heteroatoms. The fourth-order valence-electron chi connectivity index (χ4n) is 3.08. The van der Waals surface area contributed by atoms with Gasteiger partial charge >= 0.3 is 6.18 Å². The maximum atomic E-state index is 12.9. The van der Waals surface area contributed by atoms with E-state index in [1.165, 1.54) is 29.2 Å². The first kappa shape index (κ1) is 22.0. The van der Waals surface area contributed by atoms with Gasteiger partial charge in [-0.25, -0.2) is 0 Å². The Morgan fingerprint density at radius 1 is 1.17 bits per heavy atom. The number of amides is 1. The first-order chi connectivity index (χ1) is 14.1. The number of hydrogen-bond donors (Lipinski definition) is 2. The molecule has 30 heavy (non-hydrogen) atoms.